The minimum absolute atomic E-state index is 0.0944. The molecule has 0 aromatic heterocycles. The highest BCUT2D eigenvalue weighted by Gasteiger charge is 2.43. The van der Waals surface area contributed by atoms with Gasteiger partial charge in [-0.05, 0) is 55.3 Å². The predicted molar refractivity (Wildman–Crippen MR) is 96.2 cm³/mol. The van der Waals surface area contributed by atoms with Crippen molar-refractivity contribution >= 4 is 23.6 Å². The SMILES string of the molecule is O=C(CC1CCC(c2ccccc2)CC1)NC1(C(=O)O)CCSC1. The monoisotopic (exact) mass is 347 g/mol. The van der Waals surface area contributed by atoms with E-state index in [0.717, 1.165) is 31.4 Å². The summed E-state index contributed by atoms with van der Waals surface area (Å²) in [6.07, 6.45) is 5.30. The number of rotatable bonds is 5. The summed E-state index contributed by atoms with van der Waals surface area (Å²) in [7, 11) is 0. The Morgan fingerprint density at radius 2 is 1.88 bits per heavy atom. The van der Waals surface area contributed by atoms with Crippen molar-refractivity contribution in [2.24, 2.45) is 5.92 Å². The summed E-state index contributed by atoms with van der Waals surface area (Å²) < 4.78 is 0. The first kappa shape index (κ1) is 17.3. The summed E-state index contributed by atoms with van der Waals surface area (Å²) in [4.78, 5) is 23.9. The zero-order chi connectivity index (χ0) is 17.0. The Balaban J connectivity index is 1.49. The van der Waals surface area contributed by atoms with Crippen molar-refractivity contribution in [3.8, 4) is 0 Å². The number of hydrogen-bond acceptors (Lipinski definition) is 3. The molecule has 1 aliphatic carbocycles. The number of benzene rings is 1. The van der Waals surface area contributed by atoms with Gasteiger partial charge in [-0.1, -0.05) is 30.3 Å². The van der Waals surface area contributed by atoms with E-state index in [1.54, 1.807) is 11.8 Å². The first-order valence-corrected chi connectivity index (χ1v) is 9.92. The lowest BCUT2D eigenvalue weighted by molar-refractivity contribution is -0.146. The van der Waals surface area contributed by atoms with Gasteiger partial charge in [0.2, 0.25) is 5.91 Å². The van der Waals surface area contributed by atoms with Crippen molar-refractivity contribution in [1.82, 2.24) is 5.32 Å². The van der Waals surface area contributed by atoms with Crippen LogP contribution in [-0.4, -0.2) is 34.0 Å². The Morgan fingerprint density at radius 1 is 1.17 bits per heavy atom. The van der Waals surface area contributed by atoms with Crippen LogP contribution in [0.25, 0.3) is 0 Å². The zero-order valence-electron chi connectivity index (χ0n) is 13.9. The maximum atomic E-state index is 12.3. The summed E-state index contributed by atoms with van der Waals surface area (Å²) >= 11 is 1.60. The Hall–Kier alpha value is -1.49. The minimum atomic E-state index is -1.04. The Kier molecular flexibility index (Phi) is 5.49. The molecule has 5 heteroatoms. The normalized spacial score (nSPS) is 30.0. The molecule has 1 aromatic rings. The number of carbonyl (C=O) groups is 2. The molecule has 3 rings (SSSR count). The number of thioether (sulfide) groups is 1. The molecule has 2 fully saturated rings. The molecule has 1 atom stereocenters. The number of carbonyl (C=O) groups excluding carboxylic acids is 1. The quantitative estimate of drug-likeness (QED) is 0.856. The molecule has 0 bridgehead atoms. The molecular formula is C19H25NO3S. The van der Waals surface area contributed by atoms with Crippen molar-refractivity contribution < 1.29 is 14.7 Å². The van der Waals surface area contributed by atoms with E-state index in [1.807, 2.05) is 6.07 Å². The van der Waals surface area contributed by atoms with E-state index in [0.29, 0.717) is 30.4 Å². The molecule has 24 heavy (non-hydrogen) atoms. The third kappa shape index (κ3) is 3.94. The first-order chi connectivity index (χ1) is 11.6. The lowest BCUT2D eigenvalue weighted by atomic mass is 9.77. The molecule has 2 N–H and O–H groups in total. The van der Waals surface area contributed by atoms with Crippen molar-refractivity contribution in [3.63, 3.8) is 0 Å². The molecule has 4 nitrogen and oxygen atoms in total. The molecular weight excluding hydrogens is 322 g/mol. The molecule has 1 unspecified atom stereocenters. The summed E-state index contributed by atoms with van der Waals surface area (Å²) in [5.41, 5.74) is 0.358. The smallest absolute Gasteiger partial charge is 0.330 e. The average molecular weight is 347 g/mol. The van der Waals surface area contributed by atoms with Crippen molar-refractivity contribution in [2.45, 2.75) is 50.0 Å². The second kappa shape index (κ2) is 7.60. The lowest BCUT2D eigenvalue weighted by Crippen LogP contribution is -2.55. The molecule has 1 saturated heterocycles. The molecule has 1 saturated carbocycles. The summed E-state index contributed by atoms with van der Waals surface area (Å²) in [5.74, 6) is 1.27. The number of amides is 1. The van der Waals surface area contributed by atoms with Crippen LogP contribution in [0.4, 0.5) is 0 Å². The summed E-state index contributed by atoms with van der Waals surface area (Å²) in [6, 6.07) is 10.6. The lowest BCUT2D eigenvalue weighted by Gasteiger charge is -2.30. The largest absolute Gasteiger partial charge is 0.479 e. The van der Waals surface area contributed by atoms with E-state index in [1.165, 1.54) is 5.56 Å². The van der Waals surface area contributed by atoms with Gasteiger partial charge in [0, 0.05) is 12.2 Å². The minimum Gasteiger partial charge on any atom is -0.479 e. The maximum Gasteiger partial charge on any atom is 0.330 e. The fraction of sp³-hybridized carbons (Fsp3) is 0.579. The number of aliphatic carboxylic acids is 1. The molecule has 0 radical (unpaired) electrons. The van der Waals surface area contributed by atoms with Gasteiger partial charge in [-0.15, -0.1) is 0 Å². The topological polar surface area (TPSA) is 66.4 Å². The zero-order valence-corrected chi connectivity index (χ0v) is 14.7. The summed E-state index contributed by atoms with van der Waals surface area (Å²) in [5, 5.41) is 12.3. The van der Waals surface area contributed by atoms with Gasteiger partial charge in [-0.3, -0.25) is 4.79 Å². The molecule has 1 aromatic carbocycles. The van der Waals surface area contributed by atoms with E-state index in [2.05, 4.69) is 29.6 Å². The van der Waals surface area contributed by atoms with Crippen LogP contribution >= 0.6 is 11.8 Å². The van der Waals surface area contributed by atoms with Crippen LogP contribution in [0.15, 0.2) is 30.3 Å². The molecule has 2 aliphatic rings. The van der Waals surface area contributed by atoms with Crippen molar-refractivity contribution in [2.75, 3.05) is 11.5 Å². The van der Waals surface area contributed by atoms with E-state index in [-0.39, 0.29) is 5.91 Å². The number of carboxylic acids is 1. The van der Waals surface area contributed by atoms with Gasteiger partial charge >= 0.3 is 5.97 Å². The van der Waals surface area contributed by atoms with E-state index in [9.17, 15) is 14.7 Å². The van der Waals surface area contributed by atoms with E-state index in [4.69, 9.17) is 0 Å². The second-order valence-corrected chi connectivity index (χ2v) is 8.18. The van der Waals surface area contributed by atoms with E-state index >= 15 is 0 Å². The number of nitrogens with one attached hydrogen (secondary N) is 1. The maximum absolute atomic E-state index is 12.3. The van der Waals surface area contributed by atoms with Crippen molar-refractivity contribution in [3.05, 3.63) is 35.9 Å². The summed E-state index contributed by atoms with van der Waals surface area (Å²) in [6.45, 7) is 0. The number of hydrogen-bond donors (Lipinski definition) is 2. The van der Waals surface area contributed by atoms with Crippen LogP contribution < -0.4 is 5.32 Å². The van der Waals surface area contributed by atoms with Gasteiger partial charge in [-0.2, -0.15) is 11.8 Å². The van der Waals surface area contributed by atoms with Gasteiger partial charge in [0.25, 0.3) is 0 Å². The third-order valence-corrected chi connectivity index (χ3v) is 6.59. The average Bonchev–Trinajstić information content (AvgIpc) is 3.06. The van der Waals surface area contributed by atoms with Crippen LogP contribution in [0.1, 0.15) is 50.0 Å². The van der Waals surface area contributed by atoms with Gasteiger partial charge in [0.05, 0.1) is 0 Å². The first-order valence-electron chi connectivity index (χ1n) is 8.76. The highest BCUT2D eigenvalue weighted by atomic mass is 32.2. The Labute approximate surface area is 147 Å². The highest BCUT2D eigenvalue weighted by molar-refractivity contribution is 7.99. The standard InChI is InChI=1S/C19H25NO3S/c21-17(20-19(18(22)23)10-11-24-13-19)12-14-6-8-16(9-7-14)15-4-2-1-3-5-15/h1-5,14,16H,6-13H2,(H,20,21)(H,22,23). The molecule has 1 amide bonds. The highest BCUT2D eigenvalue weighted by Crippen LogP contribution is 2.37. The van der Waals surface area contributed by atoms with Crippen LogP contribution in [0.2, 0.25) is 0 Å². The van der Waals surface area contributed by atoms with Gasteiger partial charge in [0.1, 0.15) is 5.54 Å². The molecule has 1 aliphatic heterocycles. The predicted octanol–water partition coefficient (Wildman–Crippen LogP) is 3.43. The number of carboxylic acid groups (broad SMARTS) is 1. The van der Waals surface area contributed by atoms with Crippen LogP contribution in [0.3, 0.4) is 0 Å². The van der Waals surface area contributed by atoms with Gasteiger partial charge in [-0.25, -0.2) is 4.79 Å². The Bertz CT molecular complexity index is 576. The van der Waals surface area contributed by atoms with Crippen molar-refractivity contribution in [1.29, 1.82) is 0 Å². The van der Waals surface area contributed by atoms with E-state index < -0.39 is 11.5 Å². The van der Waals surface area contributed by atoms with Crippen LogP contribution in [0, 0.1) is 5.92 Å². The molecule has 1 heterocycles. The fourth-order valence-corrected chi connectivity index (χ4v) is 5.22. The molecule has 130 valence electrons. The Morgan fingerprint density at radius 3 is 2.46 bits per heavy atom. The van der Waals surface area contributed by atoms with Crippen LogP contribution in [0.5, 0.6) is 0 Å². The van der Waals surface area contributed by atoms with Gasteiger partial charge in [0.15, 0.2) is 0 Å². The van der Waals surface area contributed by atoms with Gasteiger partial charge < -0.3 is 10.4 Å². The fourth-order valence-electron chi connectivity index (χ4n) is 3.89. The second-order valence-electron chi connectivity index (χ2n) is 7.07. The third-order valence-electron chi connectivity index (χ3n) is 5.40. The van der Waals surface area contributed by atoms with Crippen LogP contribution in [-0.2, 0) is 9.59 Å². The molecule has 0 spiro atoms.